The molecule has 0 unspecified atom stereocenters. The number of likely N-dealkylation sites (N-methyl/N-ethyl adjacent to an activating group) is 1. The number of hydrogen-bond acceptors (Lipinski definition) is 3. The van der Waals surface area contributed by atoms with Gasteiger partial charge in [-0.25, -0.2) is 0 Å². The van der Waals surface area contributed by atoms with Gasteiger partial charge in [0.15, 0.2) is 0 Å². The van der Waals surface area contributed by atoms with Gasteiger partial charge in [0.05, 0.1) is 5.69 Å². The molecule has 0 spiro atoms. The van der Waals surface area contributed by atoms with Gasteiger partial charge in [-0.1, -0.05) is 36.4 Å². The van der Waals surface area contributed by atoms with Crippen molar-refractivity contribution in [1.82, 2.24) is 14.8 Å². The third-order valence-electron chi connectivity index (χ3n) is 5.34. The minimum Gasteiger partial charge on any atom is -0.299 e. The van der Waals surface area contributed by atoms with Crippen LogP contribution in [0.5, 0.6) is 0 Å². The zero-order valence-corrected chi connectivity index (χ0v) is 15.1. The van der Waals surface area contributed by atoms with Crippen molar-refractivity contribution in [3.63, 3.8) is 0 Å². The monoisotopic (exact) mass is 323 g/mol. The number of nitrogens with zero attached hydrogens (tertiary/aromatic N) is 3. The molecule has 3 nitrogen and oxygen atoms in total. The maximum absolute atomic E-state index is 4.53. The normalized spacial score (nSPS) is 21.7. The van der Waals surface area contributed by atoms with Crippen LogP contribution in [0.4, 0.5) is 0 Å². The lowest BCUT2D eigenvalue weighted by Crippen LogP contribution is -2.47. The van der Waals surface area contributed by atoms with Gasteiger partial charge in [0, 0.05) is 37.4 Å². The van der Waals surface area contributed by atoms with Gasteiger partial charge in [-0.15, -0.1) is 0 Å². The van der Waals surface area contributed by atoms with Crippen molar-refractivity contribution in [3.8, 4) is 0 Å². The zero-order valence-electron chi connectivity index (χ0n) is 15.1. The topological polar surface area (TPSA) is 19.4 Å². The highest BCUT2D eigenvalue weighted by Crippen LogP contribution is 2.27. The lowest BCUT2D eigenvalue weighted by Gasteiger charge is -2.35. The molecule has 2 aromatic rings. The number of pyridine rings is 1. The van der Waals surface area contributed by atoms with Crippen molar-refractivity contribution < 1.29 is 0 Å². The molecule has 1 saturated heterocycles. The van der Waals surface area contributed by atoms with E-state index in [0.717, 1.165) is 19.5 Å². The van der Waals surface area contributed by atoms with Crippen LogP contribution < -0.4 is 0 Å². The molecule has 2 atom stereocenters. The molecule has 0 aliphatic carbocycles. The largest absolute Gasteiger partial charge is 0.299 e. The molecule has 0 N–H and O–H groups in total. The van der Waals surface area contributed by atoms with Crippen molar-refractivity contribution in [2.24, 2.45) is 0 Å². The van der Waals surface area contributed by atoms with E-state index in [2.05, 4.69) is 78.1 Å². The van der Waals surface area contributed by atoms with Crippen molar-refractivity contribution in [2.75, 3.05) is 13.6 Å². The predicted octanol–water partition coefficient (Wildman–Crippen LogP) is 3.61. The van der Waals surface area contributed by atoms with Gasteiger partial charge < -0.3 is 0 Å². The summed E-state index contributed by atoms with van der Waals surface area (Å²) < 4.78 is 0. The van der Waals surface area contributed by atoms with Gasteiger partial charge in [-0.05, 0) is 51.4 Å². The Balaban J connectivity index is 1.79. The lowest BCUT2D eigenvalue weighted by atomic mass is 9.98. The predicted molar refractivity (Wildman–Crippen MR) is 99.9 cm³/mol. The van der Waals surface area contributed by atoms with E-state index in [0.29, 0.717) is 18.1 Å². The average Bonchev–Trinajstić information content (AvgIpc) is 2.98. The summed E-state index contributed by atoms with van der Waals surface area (Å²) in [5.41, 5.74) is 2.60. The maximum atomic E-state index is 4.53. The minimum atomic E-state index is 0.543. The van der Waals surface area contributed by atoms with Crippen LogP contribution in [0.2, 0.25) is 0 Å². The van der Waals surface area contributed by atoms with E-state index in [1.54, 1.807) is 0 Å². The molecule has 0 saturated carbocycles. The standard InChI is InChI=1S/C21H29N3/c1-17(2)23(3)20-12-14-24(16-19-11-7-8-13-22-19)21(20)15-18-9-5-4-6-10-18/h4-11,13,17,20-21H,12,14-16H2,1-3H3/t20-,21+/m1/s1. The van der Waals surface area contributed by atoms with E-state index in [9.17, 15) is 0 Å². The highest BCUT2D eigenvalue weighted by molar-refractivity contribution is 5.18. The van der Waals surface area contributed by atoms with Gasteiger partial charge in [-0.3, -0.25) is 14.8 Å². The molecule has 0 bridgehead atoms. The van der Waals surface area contributed by atoms with E-state index >= 15 is 0 Å². The number of hydrogen-bond donors (Lipinski definition) is 0. The summed E-state index contributed by atoms with van der Waals surface area (Å²) in [4.78, 5) is 9.70. The SMILES string of the molecule is CC(C)N(C)[C@@H]1CCN(Cc2ccccn2)[C@H]1Cc1ccccc1. The molecule has 0 radical (unpaired) electrons. The van der Waals surface area contributed by atoms with Crippen LogP contribution in [0.1, 0.15) is 31.5 Å². The Morgan fingerprint density at radius 2 is 1.88 bits per heavy atom. The molecule has 1 aromatic heterocycles. The van der Waals surface area contributed by atoms with Crippen molar-refractivity contribution in [1.29, 1.82) is 0 Å². The van der Waals surface area contributed by atoms with E-state index in [1.807, 2.05) is 12.3 Å². The maximum Gasteiger partial charge on any atom is 0.0544 e. The number of benzene rings is 1. The van der Waals surface area contributed by atoms with E-state index in [4.69, 9.17) is 0 Å². The quantitative estimate of drug-likeness (QED) is 0.809. The van der Waals surface area contributed by atoms with Gasteiger partial charge >= 0.3 is 0 Å². The van der Waals surface area contributed by atoms with Crippen molar-refractivity contribution in [3.05, 3.63) is 66.0 Å². The Labute approximate surface area is 146 Å². The molecule has 24 heavy (non-hydrogen) atoms. The van der Waals surface area contributed by atoms with Crippen LogP contribution in [0.3, 0.4) is 0 Å². The zero-order chi connectivity index (χ0) is 16.9. The second-order valence-corrected chi connectivity index (χ2v) is 7.16. The molecule has 1 aromatic carbocycles. The molecular formula is C21H29N3. The van der Waals surface area contributed by atoms with Crippen LogP contribution in [-0.2, 0) is 13.0 Å². The Hall–Kier alpha value is -1.71. The second-order valence-electron chi connectivity index (χ2n) is 7.16. The minimum absolute atomic E-state index is 0.543. The summed E-state index contributed by atoms with van der Waals surface area (Å²) in [6, 6.07) is 18.8. The lowest BCUT2D eigenvalue weighted by molar-refractivity contribution is 0.134. The van der Waals surface area contributed by atoms with Gasteiger partial charge in [0.25, 0.3) is 0 Å². The van der Waals surface area contributed by atoms with Gasteiger partial charge in [0.1, 0.15) is 0 Å². The van der Waals surface area contributed by atoms with Crippen LogP contribution in [0, 0.1) is 0 Å². The molecule has 0 amide bonds. The smallest absolute Gasteiger partial charge is 0.0544 e. The summed E-state index contributed by atoms with van der Waals surface area (Å²) in [6.07, 6.45) is 4.24. The average molecular weight is 323 g/mol. The fourth-order valence-electron chi connectivity index (χ4n) is 3.77. The van der Waals surface area contributed by atoms with Crippen LogP contribution in [0.15, 0.2) is 54.7 Å². The molecule has 3 rings (SSSR count). The fraction of sp³-hybridized carbons (Fsp3) is 0.476. The molecular weight excluding hydrogens is 294 g/mol. The molecule has 3 heteroatoms. The van der Waals surface area contributed by atoms with Gasteiger partial charge in [0.2, 0.25) is 0 Å². The summed E-state index contributed by atoms with van der Waals surface area (Å²) in [6.45, 7) is 6.68. The molecule has 2 heterocycles. The molecule has 1 aliphatic rings. The van der Waals surface area contributed by atoms with E-state index < -0.39 is 0 Å². The molecule has 1 aliphatic heterocycles. The van der Waals surface area contributed by atoms with Crippen LogP contribution in [0.25, 0.3) is 0 Å². The van der Waals surface area contributed by atoms with E-state index in [1.165, 1.54) is 17.7 Å². The Kier molecular flexibility index (Phi) is 5.64. The Morgan fingerprint density at radius 1 is 1.12 bits per heavy atom. The highest BCUT2D eigenvalue weighted by Gasteiger charge is 2.37. The summed E-state index contributed by atoms with van der Waals surface area (Å²) >= 11 is 0. The Bertz CT molecular complexity index is 611. The van der Waals surface area contributed by atoms with Crippen molar-refractivity contribution in [2.45, 2.75) is 51.4 Å². The molecule has 1 fully saturated rings. The third-order valence-corrected chi connectivity index (χ3v) is 5.34. The Morgan fingerprint density at radius 3 is 2.54 bits per heavy atom. The van der Waals surface area contributed by atoms with Gasteiger partial charge in [-0.2, -0.15) is 0 Å². The third kappa shape index (κ3) is 4.03. The van der Waals surface area contributed by atoms with E-state index in [-0.39, 0.29) is 0 Å². The number of likely N-dealkylation sites (tertiary alicyclic amines) is 1. The first-order valence-corrected chi connectivity index (χ1v) is 9.05. The number of aromatic nitrogens is 1. The first-order chi connectivity index (χ1) is 11.6. The highest BCUT2D eigenvalue weighted by atomic mass is 15.3. The first-order valence-electron chi connectivity index (χ1n) is 9.05. The summed E-state index contributed by atoms with van der Waals surface area (Å²) in [5, 5.41) is 0. The van der Waals surface area contributed by atoms with Crippen molar-refractivity contribution >= 4 is 0 Å². The molecule has 128 valence electrons. The van der Waals surface area contributed by atoms with Crippen LogP contribution in [-0.4, -0.2) is 46.5 Å². The van der Waals surface area contributed by atoms with Crippen LogP contribution >= 0.6 is 0 Å². The summed E-state index contributed by atoms with van der Waals surface area (Å²) in [5.74, 6) is 0. The first kappa shape index (κ1) is 17.1. The summed E-state index contributed by atoms with van der Waals surface area (Å²) in [7, 11) is 2.28. The second kappa shape index (κ2) is 7.91. The fourth-order valence-corrected chi connectivity index (χ4v) is 3.77. The number of rotatable bonds is 6.